The quantitative estimate of drug-likeness (QED) is 0.310. The fourth-order valence-electron chi connectivity index (χ4n) is 0.153. The van der Waals surface area contributed by atoms with E-state index in [1.54, 1.807) is 0 Å². The van der Waals surface area contributed by atoms with Gasteiger partial charge < -0.3 is 0 Å². The fourth-order valence-corrected chi connectivity index (χ4v) is 0.458. The predicted octanol–water partition coefficient (Wildman–Crippen LogP) is -0.335. The van der Waals surface area contributed by atoms with Crippen LogP contribution in [0.15, 0.2) is 0 Å². The molecular weight excluding hydrogens is 133 g/mol. The van der Waals surface area contributed by atoms with Crippen LogP contribution in [0.25, 0.3) is 0 Å². The van der Waals surface area contributed by atoms with Crippen molar-refractivity contribution in [2.75, 3.05) is 6.16 Å². The van der Waals surface area contributed by atoms with Crippen LogP contribution in [0.4, 0.5) is 0 Å². The molecule has 0 spiro atoms. The Morgan fingerprint density at radius 1 is 1.62 bits per heavy atom. The molecule has 0 aliphatic carbocycles. The monoisotopic (exact) mass is 137 g/mol. The smallest absolute Gasteiger partial charge is 0.289 e. The summed E-state index contributed by atoms with van der Waals surface area (Å²) in [5.74, 6) is -0.916. The van der Waals surface area contributed by atoms with Gasteiger partial charge in [0.2, 0.25) is 0 Å². The Labute approximate surface area is 45.5 Å². The zero-order chi connectivity index (χ0) is 6.57. The summed E-state index contributed by atoms with van der Waals surface area (Å²) < 4.78 is 19.3. The number of rotatable bonds is 2. The first-order chi connectivity index (χ1) is 3.66. The number of carbonyl (C=O) groups is 1. The second-order valence-corrected chi connectivity index (χ2v) is 2.01. The Hall–Kier alpha value is -0.670. The highest BCUT2D eigenvalue weighted by atomic mass is 31.1. The van der Waals surface area contributed by atoms with Gasteiger partial charge in [-0.2, -0.15) is 0 Å². The molecular formula is C2H4NO4P. The normalized spacial score (nSPS) is 8.12. The molecule has 0 rings (SSSR count). The molecule has 0 fully saturated rings. The van der Waals surface area contributed by atoms with Crippen molar-refractivity contribution in [2.24, 2.45) is 0 Å². The van der Waals surface area contributed by atoms with E-state index >= 15 is 0 Å². The van der Waals surface area contributed by atoms with Crippen LogP contribution in [0, 0.1) is 0 Å². The highest BCUT2D eigenvalue weighted by Crippen LogP contribution is 1.98. The number of hydrogen-bond donors (Lipinski definition) is 2. The summed E-state index contributed by atoms with van der Waals surface area (Å²) in [6.45, 7) is 0. The van der Waals surface area contributed by atoms with Crippen molar-refractivity contribution in [3.8, 4) is 0 Å². The molecule has 0 atom stereocenters. The van der Waals surface area contributed by atoms with Crippen molar-refractivity contribution in [3.63, 3.8) is 0 Å². The SMILES string of the molecule is O=C(CP(=O)=O)NO. The molecule has 0 radical (unpaired) electrons. The van der Waals surface area contributed by atoms with Gasteiger partial charge in [-0.1, -0.05) is 0 Å². The first-order valence-corrected chi connectivity index (χ1v) is 3.08. The Morgan fingerprint density at radius 3 is 2.25 bits per heavy atom. The van der Waals surface area contributed by atoms with Gasteiger partial charge in [-0.05, 0) is 0 Å². The highest BCUT2D eigenvalue weighted by molar-refractivity contribution is 7.32. The molecule has 0 aromatic carbocycles. The van der Waals surface area contributed by atoms with Gasteiger partial charge in [0, 0.05) is 0 Å². The maximum Gasteiger partial charge on any atom is 0.325 e. The number of hydroxylamine groups is 1. The molecule has 0 aliphatic heterocycles. The van der Waals surface area contributed by atoms with Crippen molar-refractivity contribution in [3.05, 3.63) is 0 Å². The van der Waals surface area contributed by atoms with Gasteiger partial charge in [-0.15, -0.1) is 0 Å². The van der Waals surface area contributed by atoms with Crippen molar-refractivity contribution in [1.82, 2.24) is 5.48 Å². The zero-order valence-electron chi connectivity index (χ0n) is 3.83. The lowest BCUT2D eigenvalue weighted by molar-refractivity contribution is -0.126. The van der Waals surface area contributed by atoms with Crippen LogP contribution in [-0.2, 0) is 13.9 Å². The van der Waals surface area contributed by atoms with Gasteiger partial charge in [0.1, 0.15) is 6.16 Å². The van der Waals surface area contributed by atoms with Gasteiger partial charge in [-0.25, -0.2) is 14.6 Å². The summed E-state index contributed by atoms with van der Waals surface area (Å²) in [5, 5.41) is 7.72. The molecule has 5 nitrogen and oxygen atoms in total. The zero-order valence-corrected chi connectivity index (χ0v) is 4.72. The van der Waals surface area contributed by atoms with Crippen molar-refractivity contribution < 1.29 is 19.1 Å². The maximum atomic E-state index is 9.88. The Kier molecular flexibility index (Phi) is 3.07. The summed E-state index contributed by atoms with van der Waals surface area (Å²) in [7, 11) is -2.72. The minimum Gasteiger partial charge on any atom is -0.289 e. The van der Waals surface area contributed by atoms with Crippen molar-refractivity contribution >= 4 is 13.6 Å². The van der Waals surface area contributed by atoms with Crippen LogP contribution in [0.2, 0.25) is 0 Å². The summed E-state index contributed by atoms with van der Waals surface area (Å²) in [6, 6.07) is 0. The molecule has 0 saturated heterocycles. The molecule has 0 unspecified atom stereocenters. The van der Waals surface area contributed by atoms with Gasteiger partial charge in [0.05, 0.1) is 0 Å². The number of hydrogen-bond acceptors (Lipinski definition) is 4. The lowest BCUT2D eigenvalue weighted by atomic mass is 10.8. The number of amides is 1. The first-order valence-electron chi connectivity index (χ1n) is 1.71. The standard InChI is InChI=1S/C2H4NO4P/c4-2(3-5)1-8(6)7/h5H,1H2,(H,3,4). The molecule has 6 heteroatoms. The third-order valence-corrected chi connectivity index (χ3v) is 0.943. The third-order valence-electron chi connectivity index (χ3n) is 0.397. The van der Waals surface area contributed by atoms with Crippen LogP contribution >= 0.6 is 7.68 Å². The average Bonchev–Trinajstić information content (AvgIpc) is 1.65. The minimum atomic E-state index is -2.72. The van der Waals surface area contributed by atoms with Gasteiger partial charge in [0.25, 0.3) is 5.91 Å². The van der Waals surface area contributed by atoms with E-state index in [0.717, 1.165) is 0 Å². The topological polar surface area (TPSA) is 83.5 Å². The van der Waals surface area contributed by atoms with Crippen molar-refractivity contribution in [1.29, 1.82) is 0 Å². The van der Waals surface area contributed by atoms with E-state index in [0.29, 0.717) is 0 Å². The van der Waals surface area contributed by atoms with Crippen LogP contribution in [-0.4, -0.2) is 17.3 Å². The average molecular weight is 137 g/mol. The van der Waals surface area contributed by atoms with Crippen LogP contribution in [0.1, 0.15) is 0 Å². The Morgan fingerprint density at radius 2 is 2.12 bits per heavy atom. The molecule has 46 valence electrons. The highest BCUT2D eigenvalue weighted by Gasteiger charge is 2.00. The van der Waals surface area contributed by atoms with Crippen LogP contribution in [0.5, 0.6) is 0 Å². The molecule has 1 amide bonds. The van der Waals surface area contributed by atoms with Crippen LogP contribution < -0.4 is 5.48 Å². The molecule has 0 saturated carbocycles. The van der Waals surface area contributed by atoms with E-state index in [1.807, 2.05) is 0 Å². The summed E-state index contributed by atoms with van der Waals surface area (Å²) in [5.41, 5.74) is 1.17. The van der Waals surface area contributed by atoms with E-state index in [1.165, 1.54) is 5.48 Å². The second-order valence-electron chi connectivity index (χ2n) is 1.03. The van der Waals surface area contributed by atoms with E-state index in [-0.39, 0.29) is 0 Å². The van der Waals surface area contributed by atoms with Gasteiger partial charge in [-0.3, -0.25) is 10.0 Å². The second kappa shape index (κ2) is 3.35. The largest absolute Gasteiger partial charge is 0.325 e. The van der Waals surface area contributed by atoms with Crippen molar-refractivity contribution in [2.45, 2.75) is 0 Å². The Balaban J connectivity index is 3.56. The van der Waals surface area contributed by atoms with E-state index in [4.69, 9.17) is 5.21 Å². The fraction of sp³-hybridized carbons (Fsp3) is 0.500. The first kappa shape index (κ1) is 7.33. The molecule has 2 N–H and O–H groups in total. The lowest BCUT2D eigenvalue weighted by Gasteiger charge is -1.84. The molecule has 0 bridgehead atoms. The molecule has 0 aliphatic rings. The summed E-state index contributed by atoms with van der Waals surface area (Å²) in [6.07, 6.45) is -0.661. The predicted molar refractivity (Wildman–Crippen MR) is 23.1 cm³/mol. The van der Waals surface area contributed by atoms with Gasteiger partial charge in [0.15, 0.2) is 0 Å². The summed E-state index contributed by atoms with van der Waals surface area (Å²) in [4.78, 5) is 9.88. The molecule has 0 aromatic rings. The molecule has 0 heterocycles. The van der Waals surface area contributed by atoms with Gasteiger partial charge >= 0.3 is 7.68 Å². The third kappa shape index (κ3) is 3.52. The lowest BCUT2D eigenvalue weighted by Crippen LogP contribution is -2.19. The Bertz CT molecular complexity index is 142. The van der Waals surface area contributed by atoms with E-state index < -0.39 is 19.7 Å². The minimum absolute atomic E-state index is 0.661. The molecule has 0 aromatic heterocycles. The summed E-state index contributed by atoms with van der Waals surface area (Å²) >= 11 is 0. The molecule has 8 heavy (non-hydrogen) atoms. The maximum absolute atomic E-state index is 9.88. The van der Waals surface area contributed by atoms with E-state index in [9.17, 15) is 13.9 Å². The number of nitrogens with one attached hydrogen (secondary N) is 1. The van der Waals surface area contributed by atoms with Crippen LogP contribution in [0.3, 0.4) is 0 Å². The van der Waals surface area contributed by atoms with E-state index in [2.05, 4.69) is 0 Å². The number of carbonyl (C=O) groups excluding carboxylic acids is 1.